The number of hydrogen-bond donors (Lipinski definition) is 1. The summed E-state index contributed by atoms with van der Waals surface area (Å²) in [5.41, 5.74) is 1.80. The number of nitrogens with one attached hydrogen (secondary N) is 1. The standard InChI is InChI=1S/C14H18N2O3S/c1-3-18-11-7-5-6-10-13(11)15-14(20)16(10)9-8-12(17)19-4-2/h5-7H,3-4,8-9H2,1-2H3,(H,15,20). The van der Waals surface area contributed by atoms with E-state index in [0.717, 1.165) is 16.8 Å². The monoisotopic (exact) mass is 294 g/mol. The van der Waals surface area contributed by atoms with E-state index in [9.17, 15) is 4.79 Å². The maximum Gasteiger partial charge on any atom is 0.307 e. The highest BCUT2D eigenvalue weighted by Gasteiger charge is 2.10. The summed E-state index contributed by atoms with van der Waals surface area (Å²) in [6, 6.07) is 5.76. The van der Waals surface area contributed by atoms with E-state index >= 15 is 0 Å². The van der Waals surface area contributed by atoms with Gasteiger partial charge in [-0.05, 0) is 38.2 Å². The van der Waals surface area contributed by atoms with Gasteiger partial charge >= 0.3 is 5.97 Å². The van der Waals surface area contributed by atoms with Crippen molar-refractivity contribution in [1.29, 1.82) is 0 Å². The van der Waals surface area contributed by atoms with Crippen molar-refractivity contribution in [3.05, 3.63) is 23.0 Å². The van der Waals surface area contributed by atoms with Crippen molar-refractivity contribution in [2.45, 2.75) is 26.8 Å². The number of hydrogen-bond acceptors (Lipinski definition) is 4. The number of benzene rings is 1. The van der Waals surface area contributed by atoms with Crippen LogP contribution in [-0.2, 0) is 16.1 Å². The molecule has 1 heterocycles. The Morgan fingerprint density at radius 2 is 2.15 bits per heavy atom. The van der Waals surface area contributed by atoms with E-state index in [1.54, 1.807) is 6.92 Å². The first-order chi connectivity index (χ1) is 9.67. The molecule has 1 aromatic carbocycles. The third-order valence-corrected chi connectivity index (χ3v) is 3.24. The molecule has 1 N–H and O–H groups in total. The lowest BCUT2D eigenvalue weighted by Crippen LogP contribution is -2.09. The van der Waals surface area contributed by atoms with Gasteiger partial charge in [0, 0.05) is 6.54 Å². The Morgan fingerprint density at radius 3 is 2.85 bits per heavy atom. The summed E-state index contributed by atoms with van der Waals surface area (Å²) in [5, 5.41) is 0. The summed E-state index contributed by atoms with van der Waals surface area (Å²) >= 11 is 5.31. The van der Waals surface area contributed by atoms with Gasteiger partial charge in [0.05, 0.1) is 25.2 Å². The highest BCUT2D eigenvalue weighted by Crippen LogP contribution is 2.25. The molecule has 2 aromatic rings. The number of rotatable bonds is 6. The predicted molar refractivity (Wildman–Crippen MR) is 79.5 cm³/mol. The van der Waals surface area contributed by atoms with Crippen LogP contribution in [0.1, 0.15) is 20.3 Å². The molecule has 0 spiro atoms. The normalized spacial score (nSPS) is 10.7. The molecule has 0 saturated heterocycles. The van der Waals surface area contributed by atoms with Gasteiger partial charge in [0.15, 0.2) is 4.77 Å². The number of aromatic nitrogens is 2. The Kier molecular flexibility index (Phi) is 4.79. The highest BCUT2D eigenvalue weighted by atomic mass is 32.1. The van der Waals surface area contributed by atoms with Gasteiger partial charge in [-0.2, -0.15) is 0 Å². The Morgan fingerprint density at radius 1 is 1.35 bits per heavy atom. The van der Waals surface area contributed by atoms with Crippen molar-refractivity contribution < 1.29 is 14.3 Å². The number of aromatic amines is 1. The fourth-order valence-corrected chi connectivity index (χ4v) is 2.38. The first kappa shape index (κ1) is 14.6. The van der Waals surface area contributed by atoms with E-state index in [4.69, 9.17) is 21.7 Å². The number of ether oxygens (including phenoxy) is 2. The van der Waals surface area contributed by atoms with Crippen LogP contribution in [0.5, 0.6) is 5.75 Å². The lowest BCUT2D eigenvalue weighted by atomic mass is 10.3. The van der Waals surface area contributed by atoms with Crippen LogP contribution in [0, 0.1) is 4.77 Å². The quantitative estimate of drug-likeness (QED) is 0.657. The molecule has 1 aromatic heterocycles. The van der Waals surface area contributed by atoms with Crippen LogP contribution >= 0.6 is 12.2 Å². The first-order valence-corrected chi connectivity index (χ1v) is 7.08. The number of esters is 1. The molecule has 0 unspecified atom stereocenters. The van der Waals surface area contributed by atoms with Crippen molar-refractivity contribution in [1.82, 2.24) is 9.55 Å². The number of aryl methyl sites for hydroxylation is 1. The molecule has 2 rings (SSSR count). The van der Waals surface area contributed by atoms with Crippen molar-refractivity contribution in [2.75, 3.05) is 13.2 Å². The average molecular weight is 294 g/mol. The summed E-state index contributed by atoms with van der Waals surface area (Å²) in [6.07, 6.45) is 0.300. The zero-order chi connectivity index (χ0) is 14.5. The zero-order valence-corrected chi connectivity index (χ0v) is 12.5. The van der Waals surface area contributed by atoms with Crippen LogP contribution in [0.3, 0.4) is 0 Å². The molecule has 0 saturated carbocycles. The van der Waals surface area contributed by atoms with Gasteiger partial charge in [0.25, 0.3) is 0 Å². The molecule has 0 aliphatic carbocycles. The SMILES string of the molecule is CCOC(=O)CCn1c(=S)[nH]c2c(OCC)cccc21. The molecule has 0 aliphatic rings. The molecule has 0 radical (unpaired) electrons. The lowest BCUT2D eigenvalue weighted by molar-refractivity contribution is -0.143. The van der Waals surface area contributed by atoms with Crippen LogP contribution in [0.15, 0.2) is 18.2 Å². The molecular weight excluding hydrogens is 276 g/mol. The van der Waals surface area contributed by atoms with E-state index in [1.165, 1.54) is 0 Å². The lowest BCUT2D eigenvalue weighted by Gasteiger charge is -2.06. The van der Waals surface area contributed by atoms with Gasteiger partial charge in [-0.1, -0.05) is 6.07 Å². The molecule has 0 bridgehead atoms. The summed E-state index contributed by atoms with van der Waals surface area (Å²) < 4.78 is 13.0. The van der Waals surface area contributed by atoms with Crippen molar-refractivity contribution in [2.24, 2.45) is 0 Å². The van der Waals surface area contributed by atoms with Gasteiger partial charge < -0.3 is 19.0 Å². The van der Waals surface area contributed by atoms with Gasteiger partial charge in [-0.3, -0.25) is 4.79 Å². The second-order valence-electron chi connectivity index (χ2n) is 4.22. The molecule has 20 heavy (non-hydrogen) atoms. The number of para-hydroxylation sites is 1. The minimum atomic E-state index is -0.218. The molecule has 0 atom stereocenters. The predicted octanol–water partition coefficient (Wildman–Crippen LogP) is 3.05. The van der Waals surface area contributed by atoms with Crippen molar-refractivity contribution in [3.63, 3.8) is 0 Å². The molecule has 6 heteroatoms. The maximum absolute atomic E-state index is 11.5. The summed E-state index contributed by atoms with van der Waals surface area (Å²) in [4.78, 5) is 14.6. The molecule has 0 aliphatic heterocycles. The summed E-state index contributed by atoms with van der Waals surface area (Å²) in [7, 11) is 0. The van der Waals surface area contributed by atoms with Crippen LogP contribution in [-0.4, -0.2) is 28.7 Å². The number of nitrogens with zero attached hydrogens (tertiary/aromatic N) is 1. The number of carbonyl (C=O) groups is 1. The second-order valence-corrected chi connectivity index (χ2v) is 4.61. The average Bonchev–Trinajstić information content (AvgIpc) is 2.74. The molecule has 108 valence electrons. The molecule has 0 amide bonds. The van der Waals surface area contributed by atoms with Gasteiger partial charge in [-0.15, -0.1) is 0 Å². The topological polar surface area (TPSA) is 56.2 Å². The van der Waals surface area contributed by atoms with E-state index in [1.807, 2.05) is 29.7 Å². The Bertz CT molecular complexity index is 660. The third-order valence-electron chi connectivity index (χ3n) is 2.92. The van der Waals surface area contributed by atoms with Gasteiger partial charge in [-0.25, -0.2) is 0 Å². The highest BCUT2D eigenvalue weighted by molar-refractivity contribution is 7.71. The van der Waals surface area contributed by atoms with Crippen LogP contribution in [0.4, 0.5) is 0 Å². The Balaban J connectivity index is 2.30. The van der Waals surface area contributed by atoms with Gasteiger partial charge in [0.1, 0.15) is 11.3 Å². The second kappa shape index (κ2) is 6.56. The largest absolute Gasteiger partial charge is 0.492 e. The number of imidazole rings is 1. The minimum absolute atomic E-state index is 0.218. The summed E-state index contributed by atoms with van der Waals surface area (Å²) in [6.45, 7) is 5.21. The molecule has 5 nitrogen and oxygen atoms in total. The Labute approximate surface area is 122 Å². The molecule has 0 fully saturated rings. The van der Waals surface area contributed by atoms with Crippen LogP contribution in [0.2, 0.25) is 0 Å². The van der Waals surface area contributed by atoms with Crippen molar-refractivity contribution in [3.8, 4) is 5.75 Å². The van der Waals surface area contributed by atoms with Gasteiger partial charge in [0.2, 0.25) is 0 Å². The van der Waals surface area contributed by atoms with E-state index < -0.39 is 0 Å². The first-order valence-electron chi connectivity index (χ1n) is 6.67. The van der Waals surface area contributed by atoms with E-state index in [-0.39, 0.29) is 5.97 Å². The fraction of sp³-hybridized carbons (Fsp3) is 0.429. The zero-order valence-electron chi connectivity index (χ0n) is 11.6. The molecular formula is C14H18N2O3S. The number of fused-ring (bicyclic) bond motifs is 1. The minimum Gasteiger partial charge on any atom is -0.492 e. The Hall–Kier alpha value is -1.82. The maximum atomic E-state index is 11.5. The fourth-order valence-electron chi connectivity index (χ4n) is 2.09. The van der Waals surface area contributed by atoms with Crippen LogP contribution < -0.4 is 4.74 Å². The van der Waals surface area contributed by atoms with E-state index in [2.05, 4.69) is 4.98 Å². The number of carbonyl (C=O) groups excluding carboxylic acids is 1. The third kappa shape index (κ3) is 3.01. The van der Waals surface area contributed by atoms with E-state index in [0.29, 0.717) is 31.0 Å². The van der Waals surface area contributed by atoms with Crippen LogP contribution in [0.25, 0.3) is 11.0 Å². The number of H-pyrrole nitrogens is 1. The van der Waals surface area contributed by atoms with Crippen molar-refractivity contribution >= 4 is 29.2 Å². The summed E-state index contributed by atoms with van der Waals surface area (Å²) in [5.74, 6) is 0.552. The smallest absolute Gasteiger partial charge is 0.307 e.